The van der Waals surface area contributed by atoms with E-state index >= 15 is 0 Å². The van der Waals surface area contributed by atoms with Crippen molar-refractivity contribution in [1.82, 2.24) is 20.2 Å². The van der Waals surface area contributed by atoms with Crippen LogP contribution < -0.4 is 5.32 Å². The maximum absolute atomic E-state index is 12.5. The predicted octanol–water partition coefficient (Wildman–Crippen LogP) is 3.74. The van der Waals surface area contributed by atoms with Crippen molar-refractivity contribution < 1.29 is 4.79 Å². The third-order valence-corrected chi connectivity index (χ3v) is 5.20. The summed E-state index contributed by atoms with van der Waals surface area (Å²) in [6.07, 6.45) is 1.52. The molecule has 1 N–H and O–H groups in total. The second-order valence-corrected chi connectivity index (χ2v) is 7.23. The Morgan fingerprint density at radius 1 is 1.28 bits per heavy atom. The van der Waals surface area contributed by atoms with Gasteiger partial charge < -0.3 is 5.32 Å². The first-order chi connectivity index (χ1) is 12.0. The molecule has 1 atom stereocenters. The highest BCUT2D eigenvalue weighted by molar-refractivity contribution is 8.00. The molecule has 3 aromatic rings. The maximum Gasteiger partial charge on any atom is 0.237 e. The van der Waals surface area contributed by atoms with E-state index in [0.717, 1.165) is 16.1 Å². The molecule has 0 saturated heterocycles. The van der Waals surface area contributed by atoms with E-state index in [-0.39, 0.29) is 11.2 Å². The van der Waals surface area contributed by atoms with Crippen molar-refractivity contribution in [1.29, 1.82) is 0 Å². The number of amides is 1. The van der Waals surface area contributed by atoms with Gasteiger partial charge in [0.15, 0.2) is 0 Å². The lowest BCUT2D eigenvalue weighted by Crippen LogP contribution is -2.22. The zero-order chi connectivity index (χ0) is 17.8. The van der Waals surface area contributed by atoms with Crippen molar-refractivity contribution in [3.8, 4) is 5.69 Å². The van der Waals surface area contributed by atoms with Crippen LogP contribution in [0, 0.1) is 6.92 Å². The largest absolute Gasteiger partial charge is 0.325 e. The van der Waals surface area contributed by atoms with Gasteiger partial charge in [0.2, 0.25) is 5.91 Å². The molecule has 1 unspecified atom stereocenters. The molecule has 8 heteroatoms. The molecule has 0 aliphatic heterocycles. The van der Waals surface area contributed by atoms with E-state index in [9.17, 15) is 4.79 Å². The lowest BCUT2D eigenvalue weighted by molar-refractivity contribution is -0.115. The third kappa shape index (κ3) is 4.18. The van der Waals surface area contributed by atoms with Crippen LogP contribution in [0.15, 0.2) is 53.7 Å². The van der Waals surface area contributed by atoms with Gasteiger partial charge in [-0.25, -0.2) is 4.68 Å². The number of hydrogen-bond acceptors (Lipinski definition) is 5. The molecular formula is C17H16ClN5OS. The van der Waals surface area contributed by atoms with Crippen LogP contribution in [0.3, 0.4) is 0 Å². The molecular weight excluding hydrogens is 358 g/mol. The number of thioether (sulfide) groups is 1. The Hall–Kier alpha value is -2.38. The SMILES string of the molecule is Cc1ccc(NC(=O)C(C)Sc2ccccc2Cl)cc1-n1cnnn1. The molecule has 0 saturated carbocycles. The second kappa shape index (κ2) is 7.67. The first-order valence-electron chi connectivity index (χ1n) is 7.60. The fraction of sp³-hybridized carbons (Fsp3) is 0.176. The van der Waals surface area contributed by atoms with Gasteiger partial charge in [0.05, 0.1) is 16.0 Å². The van der Waals surface area contributed by atoms with E-state index in [0.29, 0.717) is 10.7 Å². The van der Waals surface area contributed by atoms with Gasteiger partial charge >= 0.3 is 0 Å². The van der Waals surface area contributed by atoms with Crippen LogP contribution in [0.1, 0.15) is 12.5 Å². The average molecular weight is 374 g/mol. The van der Waals surface area contributed by atoms with Gasteiger partial charge in [-0.15, -0.1) is 16.9 Å². The van der Waals surface area contributed by atoms with Crippen LogP contribution in [0.4, 0.5) is 5.69 Å². The van der Waals surface area contributed by atoms with Crippen LogP contribution >= 0.6 is 23.4 Å². The summed E-state index contributed by atoms with van der Waals surface area (Å²) < 4.78 is 1.56. The number of nitrogens with zero attached hydrogens (tertiary/aromatic N) is 4. The second-order valence-electron chi connectivity index (χ2n) is 5.44. The van der Waals surface area contributed by atoms with Crippen molar-refractivity contribution in [2.75, 3.05) is 5.32 Å². The molecule has 128 valence electrons. The standard InChI is InChI=1S/C17H16ClN5OS/c1-11-7-8-13(9-15(11)23-10-19-21-22-23)20-17(24)12(2)25-16-6-4-3-5-14(16)18/h3-10,12H,1-2H3,(H,20,24). The number of halogens is 1. The van der Waals surface area contributed by atoms with Gasteiger partial charge in [-0.3, -0.25) is 4.79 Å². The fourth-order valence-electron chi connectivity index (χ4n) is 2.23. The van der Waals surface area contributed by atoms with E-state index in [4.69, 9.17) is 11.6 Å². The van der Waals surface area contributed by atoms with Gasteiger partial charge in [0.1, 0.15) is 6.33 Å². The third-order valence-electron chi connectivity index (χ3n) is 3.58. The van der Waals surface area contributed by atoms with Crippen molar-refractivity contribution in [2.45, 2.75) is 24.0 Å². The molecule has 0 aliphatic carbocycles. The molecule has 1 aromatic heterocycles. The lowest BCUT2D eigenvalue weighted by atomic mass is 10.2. The number of tetrazole rings is 1. The highest BCUT2D eigenvalue weighted by atomic mass is 35.5. The number of rotatable bonds is 5. The molecule has 0 spiro atoms. The lowest BCUT2D eigenvalue weighted by Gasteiger charge is -2.14. The number of aryl methyl sites for hydroxylation is 1. The summed E-state index contributed by atoms with van der Waals surface area (Å²) in [7, 11) is 0. The average Bonchev–Trinajstić information content (AvgIpc) is 3.13. The Morgan fingerprint density at radius 3 is 2.80 bits per heavy atom. The van der Waals surface area contributed by atoms with Gasteiger partial charge in [-0.1, -0.05) is 29.8 Å². The molecule has 6 nitrogen and oxygen atoms in total. The Morgan fingerprint density at radius 2 is 2.08 bits per heavy atom. The summed E-state index contributed by atoms with van der Waals surface area (Å²) >= 11 is 7.58. The van der Waals surface area contributed by atoms with Gasteiger partial charge in [0, 0.05) is 10.6 Å². The van der Waals surface area contributed by atoms with Crippen molar-refractivity contribution in [3.63, 3.8) is 0 Å². The summed E-state index contributed by atoms with van der Waals surface area (Å²) in [5, 5.41) is 14.5. The summed E-state index contributed by atoms with van der Waals surface area (Å²) in [4.78, 5) is 13.4. The number of aromatic nitrogens is 4. The number of benzene rings is 2. The highest BCUT2D eigenvalue weighted by Crippen LogP contribution is 2.30. The molecule has 1 amide bonds. The van der Waals surface area contributed by atoms with Gasteiger partial charge in [-0.05, 0) is 54.1 Å². The quantitative estimate of drug-likeness (QED) is 0.689. The number of carbonyl (C=O) groups excluding carboxylic acids is 1. The smallest absolute Gasteiger partial charge is 0.237 e. The minimum atomic E-state index is -0.294. The fourth-order valence-corrected chi connectivity index (χ4v) is 3.39. The topological polar surface area (TPSA) is 72.7 Å². The number of hydrogen-bond donors (Lipinski definition) is 1. The Balaban J connectivity index is 1.72. The van der Waals surface area contributed by atoms with E-state index in [1.165, 1.54) is 18.1 Å². The Kier molecular flexibility index (Phi) is 5.35. The summed E-state index contributed by atoms with van der Waals surface area (Å²) in [5.41, 5.74) is 2.51. The van der Waals surface area contributed by atoms with E-state index < -0.39 is 0 Å². The van der Waals surface area contributed by atoms with Crippen molar-refractivity contribution in [3.05, 3.63) is 59.4 Å². The van der Waals surface area contributed by atoms with Gasteiger partial charge in [-0.2, -0.15) is 0 Å². The van der Waals surface area contributed by atoms with E-state index in [1.807, 2.05) is 56.3 Å². The zero-order valence-electron chi connectivity index (χ0n) is 13.7. The van der Waals surface area contributed by atoms with Crippen LogP contribution in [0.25, 0.3) is 5.69 Å². The Bertz CT molecular complexity index is 885. The molecule has 0 radical (unpaired) electrons. The first kappa shape index (κ1) is 17.4. The number of anilines is 1. The molecule has 0 aliphatic rings. The number of carbonyl (C=O) groups is 1. The van der Waals surface area contributed by atoms with Crippen LogP contribution in [0.5, 0.6) is 0 Å². The van der Waals surface area contributed by atoms with E-state index in [1.54, 1.807) is 4.68 Å². The van der Waals surface area contributed by atoms with Crippen LogP contribution in [0.2, 0.25) is 5.02 Å². The summed E-state index contributed by atoms with van der Waals surface area (Å²) in [6, 6.07) is 13.1. The zero-order valence-corrected chi connectivity index (χ0v) is 15.3. The minimum absolute atomic E-state index is 0.101. The van der Waals surface area contributed by atoms with Crippen LogP contribution in [-0.2, 0) is 4.79 Å². The Labute approximate surface area is 154 Å². The van der Waals surface area contributed by atoms with Crippen molar-refractivity contribution in [2.24, 2.45) is 0 Å². The minimum Gasteiger partial charge on any atom is -0.325 e. The molecule has 0 fully saturated rings. The molecule has 1 heterocycles. The first-order valence-corrected chi connectivity index (χ1v) is 8.86. The molecule has 25 heavy (non-hydrogen) atoms. The number of nitrogens with one attached hydrogen (secondary N) is 1. The van der Waals surface area contributed by atoms with E-state index in [2.05, 4.69) is 20.8 Å². The van der Waals surface area contributed by atoms with Crippen LogP contribution in [-0.4, -0.2) is 31.4 Å². The molecule has 2 aromatic carbocycles. The maximum atomic E-state index is 12.5. The molecule has 0 bridgehead atoms. The normalized spacial score (nSPS) is 12.0. The summed E-state index contributed by atoms with van der Waals surface area (Å²) in [5.74, 6) is -0.101. The highest BCUT2D eigenvalue weighted by Gasteiger charge is 2.16. The summed E-state index contributed by atoms with van der Waals surface area (Å²) in [6.45, 7) is 3.80. The molecule has 3 rings (SSSR count). The predicted molar refractivity (Wildman–Crippen MR) is 99.3 cm³/mol. The monoisotopic (exact) mass is 373 g/mol. The van der Waals surface area contributed by atoms with Gasteiger partial charge in [0.25, 0.3) is 0 Å². The van der Waals surface area contributed by atoms with Crippen molar-refractivity contribution >= 4 is 35.0 Å².